The van der Waals surface area contributed by atoms with Crippen molar-refractivity contribution in [1.29, 1.82) is 0 Å². The first kappa shape index (κ1) is 12.6. The molecule has 1 aliphatic carbocycles. The molecule has 2 atom stereocenters. The molecule has 2 aliphatic rings. The van der Waals surface area contributed by atoms with Crippen LogP contribution in [-0.2, 0) is 16.1 Å². The topological polar surface area (TPSA) is 92.6 Å². The van der Waals surface area contributed by atoms with Gasteiger partial charge in [0.05, 0.1) is 23.3 Å². The van der Waals surface area contributed by atoms with Crippen molar-refractivity contribution in [3.63, 3.8) is 0 Å². The molecule has 0 spiro atoms. The van der Waals surface area contributed by atoms with Gasteiger partial charge in [0.15, 0.2) is 0 Å². The number of nitrogens with zero attached hydrogens (tertiary/aromatic N) is 2. The van der Waals surface area contributed by atoms with Crippen molar-refractivity contribution >= 4 is 23.2 Å². The van der Waals surface area contributed by atoms with Crippen LogP contribution in [0.3, 0.4) is 0 Å². The lowest BCUT2D eigenvalue weighted by Gasteiger charge is -2.18. The van der Waals surface area contributed by atoms with Crippen molar-refractivity contribution < 1.29 is 14.5 Å². The van der Waals surface area contributed by atoms with E-state index in [1.807, 2.05) is 0 Å². The fourth-order valence-electron chi connectivity index (χ4n) is 2.74. The lowest BCUT2D eigenvalue weighted by atomic mass is 10.1. The highest BCUT2D eigenvalue weighted by Gasteiger charge is 2.58. The summed E-state index contributed by atoms with van der Waals surface area (Å²) in [6, 6.07) is 4.63. The number of nitro benzene ring substituents is 1. The summed E-state index contributed by atoms with van der Waals surface area (Å²) in [6.45, 7) is 0.0858. The molecule has 104 valence electrons. The SMILES string of the molecule is CNc1c(CN2C(=O)C3CC3C2=O)cccc1[N+](=O)[O-]. The van der Waals surface area contributed by atoms with Gasteiger partial charge in [0.2, 0.25) is 11.8 Å². The maximum Gasteiger partial charge on any atom is 0.292 e. The molecule has 0 bridgehead atoms. The van der Waals surface area contributed by atoms with Crippen molar-refractivity contribution in [2.24, 2.45) is 11.8 Å². The van der Waals surface area contributed by atoms with Crippen molar-refractivity contribution in [3.05, 3.63) is 33.9 Å². The van der Waals surface area contributed by atoms with Gasteiger partial charge in [-0.1, -0.05) is 12.1 Å². The number of para-hydroxylation sites is 1. The van der Waals surface area contributed by atoms with Gasteiger partial charge in [-0.15, -0.1) is 0 Å². The number of fused-ring (bicyclic) bond motifs is 1. The number of anilines is 1. The van der Waals surface area contributed by atoms with Crippen molar-refractivity contribution in [3.8, 4) is 0 Å². The van der Waals surface area contributed by atoms with E-state index in [1.165, 1.54) is 11.0 Å². The Kier molecular flexibility index (Phi) is 2.70. The van der Waals surface area contributed by atoms with Gasteiger partial charge in [-0.25, -0.2) is 0 Å². The molecule has 1 heterocycles. The van der Waals surface area contributed by atoms with E-state index in [0.717, 1.165) is 0 Å². The molecule has 7 nitrogen and oxygen atoms in total. The van der Waals surface area contributed by atoms with Crippen molar-refractivity contribution in [1.82, 2.24) is 4.90 Å². The minimum Gasteiger partial charge on any atom is -0.382 e. The fraction of sp³-hybridized carbons (Fsp3) is 0.385. The van der Waals surface area contributed by atoms with Crippen molar-refractivity contribution in [2.45, 2.75) is 13.0 Å². The third-order valence-corrected chi connectivity index (χ3v) is 3.86. The Morgan fingerprint density at radius 2 is 2.00 bits per heavy atom. The molecule has 0 radical (unpaired) electrons. The third-order valence-electron chi connectivity index (χ3n) is 3.86. The average Bonchev–Trinajstić information content (AvgIpc) is 3.18. The number of nitrogens with one attached hydrogen (secondary N) is 1. The number of imide groups is 1. The molecule has 1 N–H and O–H groups in total. The predicted molar refractivity (Wildman–Crippen MR) is 69.8 cm³/mol. The molecule has 1 aromatic rings. The van der Waals surface area contributed by atoms with E-state index in [4.69, 9.17) is 0 Å². The number of carbonyl (C=O) groups excluding carboxylic acids is 2. The standard InChI is InChI=1S/C13H13N3O4/c1-14-11-7(3-2-4-10(11)16(19)20)6-15-12(17)8-5-9(8)13(15)18/h2-4,8-9,14H,5-6H2,1H3. The Hall–Kier alpha value is -2.44. The van der Waals surface area contributed by atoms with Gasteiger partial charge in [0.25, 0.3) is 5.69 Å². The normalized spacial score (nSPS) is 23.8. The minimum absolute atomic E-state index is 0.0609. The number of benzene rings is 1. The van der Waals surface area contributed by atoms with Crippen LogP contribution in [0.15, 0.2) is 18.2 Å². The average molecular weight is 275 g/mol. The van der Waals surface area contributed by atoms with Gasteiger partial charge in [0.1, 0.15) is 5.69 Å². The molecular weight excluding hydrogens is 262 g/mol. The first-order valence-electron chi connectivity index (χ1n) is 6.34. The summed E-state index contributed by atoms with van der Waals surface area (Å²) in [5, 5.41) is 13.8. The summed E-state index contributed by atoms with van der Waals surface area (Å²) < 4.78 is 0. The maximum atomic E-state index is 11.9. The van der Waals surface area contributed by atoms with Crippen LogP contribution in [0.2, 0.25) is 0 Å². The number of piperidine rings is 1. The maximum absolute atomic E-state index is 11.9. The molecule has 2 amide bonds. The van der Waals surface area contributed by atoms with Gasteiger partial charge in [-0.2, -0.15) is 0 Å². The minimum atomic E-state index is -0.486. The number of carbonyl (C=O) groups is 2. The van der Waals surface area contributed by atoms with E-state index in [9.17, 15) is 19.7 Å². The first-order chi connectivity index (χ1) is 9.54. The fourth-order valence-corrected chi connectivity index (χ4v) is 2.74. The zero-order valence-electron chi connectivity index (χ0n) is 10.8. The molecule has 1 aromatic carbocycles. The van der Waals surface area contributed by atoms with Crippen LogP contribution in [0.4, 0.5) is 11.4 Å². The number of hydrogen-bond donors (Lipinski definition) is 1. The van der Waals surface area contributed by atoms with Crippen LogP contribution in [0, 0.1) is 22.0 Å². The Bertz CT molecular complexity index is 608. The molecule has 3 rings (SSSR count). The molecule has 2 unspecified atom stereocenters. The molecule has 1 saturated carbocycles. The largest absolute Gasteiger partial charge is 0.382 e. The quantitative estimate of drug-likeness (QED) is 0.505. The number of nitro groups is 1. The zero-order chi connectivity index (χ0) is 14.4. The molecule has 1 aliphatic heterocycles. The first-order valence-corrected chi connectivity index (χ1v) is 6.34. The molecular formula is C13H13N3O4. The third kappa shape index (κ3) is 1.74. The van der Waals surface area contributed by atoms with Gasteiger partial charge >= 0.3 is 0 Å². The number of rotatable bonds is 4. The lowest BCUT2D eigenvalue weighted by molar-refractivity contribution is -0.384. The van der Waals surface area contributed by atoms with E-state index >= 15 is 0 Å². The Morgan fingerprint density at radius 3 is 2.55 bits per heavy atom. The van der Waals surface area contributed by atoms with Crippen molar-refractivity contribution in [2.75, 3.05) is 12.4 Å². The highest BCUT2D eigenvalue weighted by molar-refractivity contribution is 6.08. The molecule has 2 fully saturated rings. The van der Waals surface area contributed by atoms with E-state index in [1.54, 1.807) is 19.2 Å². The summed E-state index contributed by atoms with van der Waals surface area (Å²) in [5.41, 5.74) is 0.859. The van der Waals surface area contributed by atoms with Gasteiger partial charge < -0.3 is 5.32 Å². The van der Waals surface area contributed by atoms with E-state index < -0.39 is 4.92 Å². The second kappa shape index (κ2) is 4.29. The van der Waals surface area contributed by atoms with Gasteiger partial charge in [-0.3, -0.25) is 24.6 Å². The van der Waals surface area contributed by atoms with E-state index in [-0.39, 0.29) is 35.9 Å². The highest BCUT2D eigenvalue weighted by Crippen LogP contribution is 2.47. The molecule has 20 heavy (non-hydrogen) atoms. The molecule has 7 heteroatoms. The lowest BCUT2D eigenvalue weighted by Crippen LogP contribution is -2.32. The van der Waals surface area contributed by atoms with Crippen LogP contribution in [0.1, 0.15) is 12.0 Å². The summed E-state index contributed by atoms with van der Waals surface area (Å²) in [6.07, 6.45) is 0.655. The number of hydrogen-bond acceptors (Lipinski definition) is 5. The van der Waals surface area contributed by atoms with E-state index in [2.05, 4.69) is 5.32 Å². The smallest absolute Gasteiger partial charge is 0.292 e. The highest BCUT2D eigenvalue weighted by atomic mass is 16.6. The Morgan fingerprint density at radius 1 is 1.35 bits per heavy atom. The zero-order valence-corrected chi connectivity index (χ0v) is 10.8. The van der Waals surface area contributed by atoms with Crippen LogP contribution in [0.25, 0.3) is 0 Å². The summed E-state index contributed by atoms with van der Waals surface area (Å²) in [5.74, 6) is -0.624. The Balaban J connectivity index is 1.91. The Labute approximate surface area is 114 Å². The summed E-state index contributed by atoms with van der Waals surface area (Å²) >= 11 is 0. The van der Waals surface area contributed by atoms with Crippen LogP contribution in [0.5, 0.6) is 0 Å². The van der Waals surface area contributed by atoms with Gasteiger partial charge in [-0.05, 0) is 6.42 Å². The molecule has 0 aromatic heterocycles. The molecule has 1 saturated heterocycles. The van der Waals surface area contributed by atoms with Crippen LogP contribution in [-0.4, -0.2) is 28.7 Å². The summed E-state index contributed by atoms with van der Waals surface area (Å²) in [4.78, 5) is 35.6. The van der Waals surface area contributed by atoms with Crippen LogP contribution < -0.4 is 5.32 Å². The van der Waals surface area contributed by atoms with Gasteiger partial charge in [0, 0.05) is 18.7 Å². The number of amides is 2. The predicted octanol–water partition coefficient (Wildman–Crippen LogP) is 1.14. The van der Waals surface area contributed by atoms with Crippen LogP contribution >= 0.6 is 0 Å². The summed E-state index contributed by atoms with van der Waals surface area (Å²) in [7, 11) is 1.58. The number of likely N-dealkylation sites (tertiary alicyclic amines) is 1. The van der Waals surface area contributed by atoms with E-state index in [0.29, 0.717) is 17.7 Å². The monoisotopic (exact) mass is 275 g/mol. The second-order valence-electron chi connectivity index (χ2n) is 5.03. The second-order valence-corrected chi connectivity index (χ2v) is 5.03.